The van der Waals surface area contributed by atoms with E-state index in [4.69, 9.17) is 4.42 Å². The van der Waals surface area contributed by atoms with Gasteiger partial charge in [0, 0.05) is 44.2 Å². The van der Waals surface area contributed by atoms with Gasteiger partial charge in [-0.3, -0.25) is 0 Å². The smallest absolute Gasteiger partial charge is 0.136 e. The van der Waals surface area contributed by atoms with E-state index in [0.717, 1.165) is 61.4 Å². The summed E-state index contributed by atoms with van der Waals surface area (Å²) in [6.45, 7) is 0. The third-order valence-electron chi connectivity index (χ3n) is 13.4. The number of rotatable bonds is 8. The molecule has 0 amide bonds. The van der Waals surface area contributed by atoms with E-state index < -0.39 is 0 Å². The van der Waals surface area contributed by atoms with Crippen molar-refractivity contribution in [3.05, 3.63) is 255 Å². The second-order valence-corrected chi connectivity index (χ2v) is 17.3. The zero-order valence-corrected chi connectivity index (χ0v) is 36.6. The molecule has 67 heavy (non-hydrogen) atoms. The van der Waals surface area contributed by atoms with Gasteiger partial charge in [0.2, 0.25) is 0 Å². The minimum absolute atomic E-state index is 0.880. The Morgan fingerprint density at radius 2 is 0.806 bits per heavy atom. The summed E-state index contributed by atoms with van der Waals surface area (Å²) in [5.41, 5.74) is 17.8. The lowest BCUT2D eigenvalue weighted by molar-refractivity contribution is 0.669. The second-order valence-electron chi connectivity index (χ2n) is 17.3. The van der Waals surface area contributed by atoms with Gasteiger partial charge in [-0.15, -0.1) is 0 Å². The van der Waals surface area contributed by atoms with Gasteiger partial charge in [-0.2, -0.15) is 0 Å². The molecule has 2 aromatic heterocycles. The third-order valence-corrected chi connectivity index (χ3v) is 13.4. The first-order valence-electron chi connectivity index (χ1n) is 22.9. The molecule has 3 heteroatoms. The molecule has 2 heterocycles. The minimum atomic E-state index is 0.880. The summed E-state index contributed by atoms with van der Waals surface area (Å²) in [6.07, 6.45) is 0. The summed E-state index contributed by atoms with van der Waals surface area (Å²) in [5, 5.41) is 7.26. The molecule has 314 valence electrons. The molecular formula is C64H42N2O. The lowest BCUT2D eigenvalue weighted by Crippen LogP contribution is -2.11. The van der Waals surface area contributed by atoms with Gasteiger partial charge in [0.25, 0.3) is 0 Å². The van der Waals surface area contributed by atoms with Crippen molar-refractivity contribution in [3.63, 3.8) is 0 Å². The van der Waals surface area contributed by atoms with Crippen molar-refractivity contribution in [1.82, 2.24) is 4.57 Å². The first-order chi connectivity index (χ1) is 33.2. The highest BCUT2D eigenvalue weighted by molar-refractivity contribution is 6.09. The van der Waals surface area contributed by atoms with Crippen molar-refractivity contribution in [1.29, 1.82) is 0 Å². The molecule has 3 nitrogen and oxygen atoms in total. The van der Waals surface area contributed by atoms with Gasteiger partial charge >= 0.3 is 0 Å². The molecule has 13 aromatic rings. The van der Waals surface area contributed by atoms with Gasteiger partial charge in [-0.25, -0.2) is 0 Å². The van der Waals surface area contributed by atoms with Gasteiger partial charge in [-0.1, -0.05) is 170 Å². The highest BCUT2D eigenvalue weighted by atomic mass is 16.3. The van der Waals surface area contributed by atoms with Crippen LogP contribution >= 0.6 is 0 Å². The Labute approximate surface area is 388 Å². The lowest BCUT2D eigenvalue weighted by Gasteiger charge is -2.28. The topological polar surface area (TPSA) is 21.3 Å². The molecule has 0 radical (unpaired) electrons. The molecule has 0 atom stereocenters. The number of anilines is 3. The molecule has 13 rings (SSSR count). The molecule has 0 saturated heterocycles. The van der Waals surface area contributed by atoms with Crippen molar-refractivity contribution in [2.45, 2.75) is 0 Å². The van der Waals surface area contributed by atoms with Crippen LogP contribution in [0.1, 0.15) is 0 Å². The van der Waals surface area contributed by atoms with Crippen LogP contribution in [0, 0.1) is 0 Å². The summed E-state index contributed by atoms with van der Waals surface area (Å²) in [6, 6.07) is 91.9. The van der Waals surface area contributed by atoms with E-state index in [1.807, 2.05) is 12.1 Å². The average molecular weight is 855 g/mol. The molecule has 0 N–H and O–H groups in total. The van der Waals surface area contributed by atoms with Crippen LogP contribution in [0.3, 0.4) is 0 Å². The Bertz CT molecular complexity index is 3920. The van der Waals surface area contributed by atoms with E-state index in [1.165, 1.54) is 60.4 Å². The number of fused-ring (bicyclic) bond motifs is 7. The zero-order chi connectivity index (χ0) is 44.3. The Hall–Kier alpha value is -8.92. The van der Waals surface area contributed by atoms with Crippen molar-refractivity contribution in [2.75, 3.05) is 4.90 Å². The van der Waals surface area contributed by atoms with E-state index in [9.17, 15) is 0 Å². The number of para-hydroxylation sites is 4. The second kappa shape index (κ2) is 16.0. The van der Waals surface area contributed by atoms with Gasteiger partial charge < -0.3 is 13.9 Å². The first-order valence-corrected chi connectivity index (χ1v) is 22.9. The molecule has 11 aromatic carbocycles. The average Bonchev–Trinajstić information content (AvgIpc) is 3.95. The highest BCUT2D eigenvalue weighted by Crippen LogP contribution is 2.43. The van der Waals surface area contributed by atoms with Crippen molar-refractivity contribution >= 4 is 71.6 Å². The van der Waals surface area contributed by atoms with E-state index >= 15 is 0 Å². The lowest BCUT2D eigenvalue weighted by atomic mass is 9.97. The van der Waals surface area contributed by atoms with Crippen LogP contribution < -0.4 is 4.90 Å². The molecule has 0 aliphatic carbocycles. The Balaban J connectivity index is 0.862. The van der Waals surface area contributed by atoms with E-state index in [2.05, 4.69) is 252 Å². The number of furan rings is 1. The fourth-order valence-electron chi connectivity index (χ4n) is 10.1. The molecule has 0 aliphatic rings. The summed E-state index contributed by atoms with van der Waals surface area (Å²) in [7, 11) is 0. The molecule has 0 saturated carbocycles. The largest absolute Gasteiger partial charge is 0.456 e. The van der Waals surface area contributed by atoms with E-state index in [-0.39, 0.29) is 0 Å². The third kappa shape index (κ3) is 6.76. The van der Waals surface area contributed by atoms with Gasteiger partial charge in [0.05, 0.1) is 16.7 Å². The van der Waals surface area contributed by atoms with Crippen LogP contribution in [0.4, 0.5) is 17.1 Å². The van der Waals surface area contributed by atoms with E-state index in [1.54, 1.807) is 0 Å². The number of benzene rings is 11. The Kier molecular flexibility index (Phi) is 9.17. The van der Waals surface area contributed by atoms with Crippen molar-refractivity contribution in [2.24, 2.45) is 0 Å². The minimum Gasteiger partial charge on any atom is -0.456 e. The summed E-state index contributed by atoms with van der Waals surface area (Å²) in [5.74, 6) is 0. The monoisotopic (exact) mass is 854 g/mol. The molecule has 0 bridgehead atoms. The predicted molar refractivity (Wildman–Crippen MR) is 282 cm³/mol. The highest BCUT2D eigenvalue weighted by Gasteiger charge is 2.19. The Morgan fingerprint density at radius 3 is 1.49 bits per heavy atom. The maximum absolute atomic E-state index is 6.39. The van der Waals surface area contributed by atoms with Crippen molar-refractivity contribution in [3.8, 4) is 50.2 Å². The Morgan fingerprint density at radius 1 is 0.299 bits per heavy atom. The van der Waals surface area contributed by atoms with Crippen LogP contribution in [-0.2, 0) is 0 Å². The fraction of sp³-hybridized carbons (Fsp3) is 0. The maximum atomic E-state index is 6.39. The molecule has 0 unspecified atom stereocenters. The van der Waals surface area contributed by atoms with Gasteiger partial charge in [0.15, 0.2) is 0 Å². The van der Waals surface area contributed by atoms with Gasteiger partial charge in [-0.05, 0) is 135 Å². The number of hydrogen-bond acceptors (Lipinski definition) is 2. The van der Waals surface area contributed by atoms with Crippen LogP contribution in [0.5, 0.6) is 0 Å². The van der Waals surface area contributed by atoms with E-state index in [0.29, 0.717) is 0 Å². The van der Waals surface area contributed by atoms with Gasteiger partial charge in [0.1, 0.15) is 11.2 Å². The summed E-state index contributed by atoms with van der Waals surface area (Å²) in [4.78, 5) is 2.38. The van der Waals surface area contributed by atoms with Crippen LogP contribution in [0.2, 0.25) is 0 Å². The predicted octanol–water partition coefficient (Wildman–Crippen LogP) is 18.0. The SMILES string of the molecule is c1cc(-c2ccc(N(c3ccc(-c4ccc5ccccc5c4)cc3)c3ccccc3-c3ccc4c(c3)oc3ccccc34)cc2)cc(-c2ccc(-n3c4ccccc4c4ccccc43)cc2)c1. The van der Waals surface area contributed by atoms with Crippen LogP contribution in [-0.4, -0.2) is 4.57 Å². The quantitative estimate of drug-likeness (QED) is 0.152. The van der Waals surface area contributed by atoms with Crippen molar-refractivity contribution < 1.29 is 4.42 Å². The first kappa shape index (κ1) is 38.5. The zero-order valence-electron chi connectivity index (χ0n) is 36.6. The molecule has 0 fully saturated rings. The molecule has 0 aliphatic heterocycles. The number of hydrogen-bond donors (Lipinski definition) is 0. The molecule has 0 spiro atoms. The summed E-state index contributed by atoms with van der Waals surface area (Å²) < 4.78 is 8.76. The maximum Gasteiger partial charge on any atom is 0.136 e. The normalized spacial score (nSPS) is 11.6. The standard InChI is InChI=1S/C64H42N2O/c1-2-13-47-41-50(25-24-43(47)12-1)46-28-35-53(36-29-46)65(60-20-7-3-16-55(60)51-32-39-59-58-19-6-10-23-63(58)67-64(59)42-51)52-33-26-44(27-34-52)48-14-11-15-49(40-48)45-30-37-54(38-31-45)66-61-21-8-4-17-56(61)57-18-5-9-22-62(57)66/h1-42H. The van der Waals surface area contributed by atoms with Crippen LogP contribution in [0.15, 0.2) is 259 Å². The number of aromatic nitrogens is 1. The summed E-state index contributed by atoms with van der Waals surface area (Å²) >= 11 is 0. The number of nitrogens with zero attached hydrogens (tertiary/aromatic N) is 2. The molecular weight excluding hydrogens is 813 g/mol. The van der Waals surface area contributed by atoms with Crippen LogP contribution in [0.25, 0.3) is 105 Å². The fourth-order valence-corrected chi connectivity index (χ4v) is 10.1.